The van der Waals surface area contributed by atoms with Crippen molar-refractivity contribution >= 4 is 23.4 Å². The minimum Gasteiger partial charge on any atom is -0.308 e. The number of carbonyl (C=O) groups is 1. The van der Waals surface area contributed by atoms with Gasteiger partial charge in [0.1, 0.15) is 6.20 Å². The summed E-state index contributed by atoms with van der Waals surface area (Å²) in [5.74, 6) is 1.73. The Hall–Kier alpha value is -1.03. The van der Waals surface area contributed by atoms with Gasteiger partial charge >= 0.3 is 0 Å². The summed E-state index contributed by atoms with van der Waals surface area (Å²) < 4.78 is 0. The minimum atomic E-state index is 0.161. The maximum atomic E-state index is 11.6. The molecule has 1 aromatic rings. The highest BCUT2D eigenvalue weighted by atomic mass is 32.2. The van der Waals surface area contributed by atoms with Crippen LogP contribution in [0, 0.1) is 13.1 Å². The minimum absolute atomic E-state index is 0.161. The molecule has 0 aromatic carbocycles. The van der Waals surface area contributed by atoms with Crippen LogP contribution in [-0.2, 0) is 4.79 Å². The number of thioether (sulfide) groups is 1. The summed E-state index contributed by atoms with van der Waals surface area (Å²) in [5, 5.41) is 0. The Bertz CT molecular complexity index is 354. The van der Waals surface area contributed by atoms with E-state index < -0.39 is 0 Å². The van der Waals surface area contributed by atoms with Gasteiger partial charge in [0.2, 0.25) is 5.91 Å². The smallest absolute Gasteiger partial charge is 0.237 e. The molecule has 0 atom stereocenters. The van der Waals surface area contributed by atoms with Crippen LogP contribution < -0.4 is 4.90 Å². The second-order valence-corrected chi connectivity index (χ2v) is 4.29. The first-order valence-electron chi connectivity index (χ1n) is 4.50. The van der Waals surface area contributed by atoms with E-state index in [1.54, 1.807) is 22.9 Å². The maximum absolute atomic E-state index is 11.6. The third-order valence-corrected chi connectivity index (χ3v) is 3.12. The lowest BCUT2D eigenvalue weighted by Gasteiger charge is -2.26. The van der Waals surface area contributed by atoms with E-state index in [0.717, 1.165) is 23.5 Å². The third-order valence-electron chi connectivity index (χ3n) is 2.20. The lowest BCUT2D eigenvalue weighted by molar-refractivity contribution is -0.116. The standard InChI is InChI=1S/C10H11N2OS/c1-8-2-3-11-6-9(8)12-4-5-14-7-10(12)13/h2-3H,4-5,7H2,1H3. The van der Waals surface area contributed by atoms with Gasteiger partial charge in [-0.2, -0.15) is 11.8 Å². The fraction of sp³-hybridized carbons (Fsp3) is 0.400. The number of anilines is 1. The number of nitrogens with zero attached hydrogens (tertiary/aromatic N) is 2. The van der Waals surface area contributed by atoms with Crippen molar-refractivity contribution in [1.82, 2.24) is 4.98 Å². The fourth-order valence-electron chi connectivity index (χ4n) is 1.44. The molecule has 0 unspecified atom stereocenters. The predicted molar refractivity (Wildman–Crippen MR) is 57.5 cm³/mol. The van der Waals surface area contributed by atoms with E-state index in [2.05, 4.69) is 11.2 Å². The zero-order valence-corrected chi connectivity index (χ0v) is 8.80. The van der Waals surface area contributed by atoms with Gasteiger partial charge < -0.3 is 4.90 Å². The molecule has 73 valence electrons. The number of aryl methyl sites for hydroxylation is 1. The van der Waals surface area contributed by atoms with Crippen molar-refractivity contribution in [2.75, 3.05) is 23.0 Å². The van der Waals surface area contributed by atoms with Gasteiger partial charge in [-0.15, -0.1) is 0 Å². The highest BCUT2D eigenvalue weighted by Crippen LogP contribution is 2.21. The van der Waals surface area contributed by atoms with E-state index in [0.29, 0.717) is 5.75 Å². The monoisotopic (exact) mass is 207 g/mol. The molecule has 2 rings (SSSR count). The molecule has 2 heterocycles. The average molecular weight is 207 g/mol. The van der Waals surface area contributed by atoms with E-state index >= 15 is 0 Å². The van der Waals surface area contributed by atoms with Crippen molar-refractivity contribution < 1.29 is 4.79 Å². The zero-order valence-electron chi connectivity index (χ0n) is 7.99. The van der Waals surface area contributed by atoms with E-state index in [1.807, 2.05) is 13.0 Å². The number of rotatable bonds is 1. The van der Waals surface area contributed by atoms with Crippen molar-refractivity contribution in [1.29, 1.82) is 0 Å². The summed E-state index contributed by atoms with van der Waals surface area (Å²) >= 11 is 1.68. The molecule has 1 amide bonds. The van der Waals surface area contributed by atoms with E-state index in [1.165, 1.54) is 0 Å². The van der Waals surface area contributed by atoms with Gasteiger partial charge in [0.15, 0.2) is 0 Å². The van der Waals surface area contributed by atoms with E-state index in [4.69, 9.17) is 0 Å². The van der Waals surface area contributed by atoms with Crippen LogP contribution in [0.15, 0.2) is 12.3 Å². The van der Waals surface area contributed by atoms with Gasteiger partial charge in [-0.1, -0.05) is 0 Å². The molecule has 1 aliphatic heterocycles. The zero-order chi connectivity index (χ0) is 9.97. The van der Waals surface area contributed by atoms with Crippen LogP contribution >= 0.6 is 11.8 Å². The van der Waals surface area contributed by atoms with Crippen LogP contribution in [0.5, 0.6) is 0 Å². The van der Waals surface area contributed by atoms with Gasteiger partial charge in [-0.3, -0.25) is 9.78 Å². The Kier molecular flexibility index (Phi) is 2.72. The number of aromatic nitrogens is 1. The predicted octanol–water partition coefficient (Wildman–Crippen LogP) is 1.27. The Morgan fingerprint density at radius 3 is 3.21 bits per heavy atom. The number of pyridine rings is 1. The summed E-state index contributed by atoms with van der Waals surface area (Å²) in [4.78, 5) is 17.3. The van der Waals surface area contributed by atoms with Gasteiger partial charge in [0, 0.05) is 18.5 Å². The first-order valence-corrected chi connectivity index (χ1v) is 5.66. The molecule has 1 saturated heterocycles. The summed E-state index contributed by atoms with van der Waals surface area (Å²) in [6, 6.07) is 1.90. The van der Waals surface area contributed by atoms with Crippen molar-refractivity contribution in [3.05, 3.63) is 24.0 Å². The SMILES string of the molecule is Cc1ccn[c]c1N1CCSCC1=O. The van der Waals surface area contributed by atoms with Gasteiger partial charge in [-0.05, 0) is 18.6 Å². The molecule has 0 N–H and O–H groups in total. The number of carbonyl (C=O) groups excluding carboxylic acids is 1. The largest absolute Gasteiger partial charge is 0.308 e. The van der Waals surface area contributed by atoms with Gasteiger partial charge in [0.05, 0.1) is 11.4 Å². The van der Waals surface area contributed by atoms with Crippen LogP contribution in [0.25, 0.3) is 0 Å². The van der Waals surface area contributed by atoms with Crippen molar-refractivity contribution in [3.63, 3.8) is 0 Å². The van der Waals surface area contributed by atoms with Crippen molar-refractivity contribution in [3.8, 4) is 0 Å². The van der Waals surface area contributed by atoms with Crippen molar-refractivity contribution in [2.45, 2.75) is 6.92 Å². The quantitative estimate of drug-likeness (QED) is 0.695. The van der Waals surface area contributed by atoms with E-state index in [9.17, 15) is 4.79 Å². The molecule has 0 saturated carbocycles. The second-order valence-electron chi connectivity index (χ2n) is 3.19. The molecule has 1 aromatic heterocycles. The molecule has 0 spiro atoms. The van der Waals surface area contributed by atoms with Gasteiger partial charge in [0.25, 0.3) is 0 Å². The molecule has 3 nitrogen and oxygen atoms in total. The van der Waals surface area contributed by atoms with Crippen LogP contribution in [0.2, 0.25) is 0 Å². The number of hydrogen-bond acceptors (Lipinski definition) is 3. The van der Waals surface area contributed by atoms with Crippen molar-refractivity contribution in [2.24, 2.45) is 0 Å². The topological polar surface area (TPSA) is 33.2 Å². The van der Waals surface area contributed by atoms with Crippen LogP contribution in [0.3, 0.4) is 0 Å². The summed E-state index contributed by atoms with van der Waals surface area (Å²) in [6.07, 6.45) is 4.58. The summed E-state index contributed by atoms with van der Waals surface area (Å²) in [6.45, 7) is 2.75. The molecule has 0 aliphatic carbocycles. The molecule has 0 bridgehead atoms. The van der Waals surface area contributed by atoms with Gasteiger partial charge in [-0.25, -0.2) is 0 Å². The highest BCUT2D eigenvalue weighted by molar-refractivity contribution is 8.00. The Morgan fingerprint density at radius 1 is 1.64 bits per heavy atom. The fourth-order valence-corrected chi connectivity index (χ4v) is 2.23. The molecular weight excluding hydrogens is 196 g/mol. The van der Waals surface area contributed by atoms with Crippen LogP contribution in [0.4, 0.5) is 5.69 Å². The molecule has 1 aliphatic rings. The number of hydrogen-bond donors (Lipinski definition) is 0. The third kappa shape index (κ3) is 1.75. The first-order chi connectivity index (χ1) is 6.79. The number of amides is 1. The molecule has 4 heteroatoms. The lowest BCUT2D eigenvalue weighted by Crippen LogP contribution is -2.38. The normalized spacial score (nSPS) is 17.2. The summed E-state index contributed by atoms with van der Waals surface area (Å²) in [7, 11) is 0. The highest BCUT2D eigenvalue weighted by Gasteiger charge is 2.21. The molecular formula is C10H11N2OS. The lowest BCUT2D eigenvalue weighted by atomic mass is 10.2. The maximum Gasteiger partial charge on any atom is 0.237 e. The Balaban J connectivity index is 2.29. The average Bonchev–Trinajstić information content (AvgIpc) is 2.20. The summed E-state index contributed by atoms with van der Waals surface area (Å²) in [5.41, 5.74) is 1.89. The molecule has 14 heavy (non-hydrogen) atoms. The Labute approximate surface area is 87.5 Å². The second kappa shape index (κ2) is 4.00. The van der Waals surface area contributed by atoms with Crippen LogP contribution in [0.1, 0.15) is 5.56 Å². The van der Waals surface area contributed by atoms with Crippen LogP contribution in [-0.4, -0.2) is 28.9 Å². The molecule has 1 radical (unpaired) electrons. The first kappa shape index (κ1) is 9.52. The Morgan fingerprint density at radius 2 is 2.50 bits per heavy atom. The molecule has 1 fully saturated rings. The van der Waals surface area contributed by atoms with E-state index in [-0.39, 0.29) is 5.91 Å².